The van der Waals surface area contributed by atoms with E-state index >= 15 is 0 Å². The summed E-state index contributed by atoms with van der Waals surface area (Å²) in [5.74, 6) is 2.56. The van der Waals surface area contributed by atoms with E-state index in [-0.39, 0.29) is 55.7 Å². The number of hydrogen-bond acceptors (Lipinski definition) is 19. The third-order valence-corrected chi connectivity index (χ3v) is 8.77. The molecule has 266 valence electrons. The van der Waals surface area contributed by atoms with Crippen LogP contribution in [0, 0.1) is 6.92 Å². The Morgan fingerprint density at radius 2 is 1.58 bits per heavy atom. The van der Waals surface area contributed by atoms with Crippen LogP contribution >= 0.6 is 12.0 Å². The van der Waals surface area contributed by atoms with E-state index in [0.717, 1.165) is 23.1 Å². The minimum absolute atomic E-state index is 0.00550. The van der Waals surface area contributed by atoms with E-state index in [1.165, 1.54) is 24.3 Å². The second kappa shape index (κ2) is 14.6. The Morgan fingerprint density at radius 1 is 0.865 bits per heavy atom. The average molecular weight is 749 g/mol. The number of fused-ring (bicyclic) bond motifs is 2. The fourth-order valence-electron chi connectivity index (χ4n) is 5.10. The van der Waals surface area contributed by atoms with Gasteiger partial charge in [0, 0.05) is 10.8 Å². The SMILES string of the molecule is Cc1ccc2c(N=Nc3c(SOOO)cc4cc(S(=O)(=O)O)cc(Nc5nc(O)nc(Nc6ccccc6C(=O)ON)n5)c4c3O)c(O)ccc2c1. The van der Waals surface area contributed by atoms with Crippen molar-refractivity contribution in [3.8, 4) is 17.5 Å². The van der Waals surface area contributed by atoms with Crippen LogP contribution < -0.4 is 16.5 Å². The Balaban J connectivity index is 1.50. The van der Waals surface area contributed by atoms with Gasteiger partial charge in [-0.2, -0.15) is 29.3 Å². The molecule has 0 saturated carbocycles. The molecule has 0 saturated heterocycles. The zero-order valence-corrected chi connectivity index (χ0v) is 27.9. The van der Waals surface area contributed by atoms with Crippen LogP contribution in [0.4, 0.5) is 34.6 Å². The number of phenols is 2. The van der Waals surface area contributed by atoms with Crippen LogP contribution in [0.2, 0.25) is 0 Å². The molecule has 0 amide bonds. The van der Waals surface area contributed by atoms with Crippen molar-refractivity contribution in [2.24, 2.45) is 16.1 Å². The first-order valence-electron chi connectivity index (χ1n) is 14.5. The molecule has 0 bridgehead atoms. The number of benzene rings is 5. The zero-order chi connectivity index (χ0) is 37.2. The minimum atomic E-state index is -4.87. The molecule has 19 nitrogen and oxygen atoms in total. The number of nitrogens with zero attached hydrogens (tertiary/aromatic N) is 5. The standard InChI is InChI=1S/C31H24N8O11S2/c1-14-6-8-18-15(10-14)7-9-22(40)25(18)38-39-26-23(51-50-49-44)12-16-11-17(52(45,46)47)13-21(24(16)27(26)41)34-30-35-29(36-31(43)37-30)33-20-5-3-2-4-19(20)28(42)48-32/h2-13,40-41,44H,32H2,1H3,(H,45,46,47)(H3,33,34,35,36,37,43). The second-order valence-electron chi connectivity index (χ2n) is 10.7. The number of rotatable bonds is 11. The largest absolute Gasteiger partial charge is 0.506 e. The lowest BCUT2D eigenvalue weighted by Gasteiger charge is -2.15. The highest BCUT2D eigenvalue weighted by Crippen LogP contribution is 2.48. The molecule has 0 radical (unpaired) electrons. The minimum Gasteiger partial charge on any atom is -0.506 e. The maximum atomic E-state index is 12.3. The Labute approximate surface area is 296 Å². The maximum absolute atomic E-state index is 12.3. The number of phenolic OH excluding ortho intramolecular Hbond substituents is 2. The molecule has 0 spiro atoms. The van der Waals surface area contributed by atoms with Crippen molar-refractivity contribution in [3.63, 3.8) is 0 Å². The third-order valence-electron chi connectivity index (χ3n) is 7.32. The van der Waals surface area contributed by atoms with Crippen molar-refractivity contribution in [1.29, 1.82) is 0 Å². The highest BCUT2D eigenvalue weighted by molar-refractivity contribution is 7.94. The summed E-state index contributed by atoms with van der Waals surface area (Å²) in [6.07, 6.45) is 0. The monoisotopic (exact) mass is 748 g/mol. The number of nitrogens with two attached hydrogens (primary N) is 1. The predicted molar refractivity (Wildman–Crippen MR) is 185 cm³/mol. The number of aromatic nitrogens is 3. The molecule has 1 aromatic heterocycles. The van der Waals surface area contributed by atoms with Gasteiger partial charge in [-0.15, -0.1) is 14.6 Å². The summed E-state index contributed by atoms with van der Waals surface area (Å²) in [4.78, 5) is 27.5. The number of aromatic hydroxyl groups is 3. The number of anilines is 4. The van der Waals surface area contributed by atoms with Crippen LogP contribution in [0.5, 0.6) is 17.5 Å². The first kappa shape index (κ1) is 35.6. The van der Waals surface area contributed by atoms with Crippen LogP contribution in [0.3, 0.4) is 0 Å². The molecule has 6 aromatic rings. The Hall–Kier alpha value is -6.20. The number of aryl methyl sites for hydroxylation is 1. The van der Waals surface area contributed by atoms with Crippen LogP contribution in [0.15, 0.2) is 92.8 Å². The van der Waals surface area contributed by atoms with Gasteiger partial charge in [0.05, 0.1) is 38.8 Å². The molecule has 0 fully saturated rings. The lowest BCUT2D eigenvalue weighted by molar-refractivity contribution is -0.432. The summed E-state index contributed by atoms with van der Waals surface area (Å²) in [6.45, 7) is 1.89. The molecular formula is C31H24N8O11S2. The second-order valence-corrected chi connectivity index (χ2v) is 12.8. The number of hydrogen-bond donors (Lipinski definition) is 8. The van der Waals surface area contributed by atoms with Gasteiger partial charge in [-0.05, 0) is 54.1 Å². The first-order valence-corrected chi connectivity index (χ1v) is 16.6. The van der Waals surface area contributed by atoms with Gasteiger partial charge in [0.1, 0.15) is 17.1 Å². The molecule has 9 N–H and O–H groups in total. The quantitative estimate of drug-likeness (QED) is 0.0240. The molecule has 5 aromatic carbocycles. The van der Waals surface area contributed by atoms with Gasteiger partial charge in [-0.25, -0.2) is 10.1 Å². The summed E-state index contributed by atoms with van der Waals surface area (Å²) in [7, 11) is -4.87. The Morgan fingerprint density at radius 3 is 2.29 bits per heavy atom. The number of azo groups is 1. The lowest BCUT2D eigenvalue weighted by Crippen LogP contribution is -2.13. The van der Waals surface area contributed by atoms with Gasteiger partial charge in [-0.3, -0.25) is 4.55 Å². The van der Waals surface area contributed by atoms with Crippen molar-refractivity contribution in [3.05, 3.63) is 83.9 Å². The van der Waals surface area contributed by atoms with Crippen molar-refractivity contribution in [1.82, 2.24) is 15.0 Å². The number of carbonyl (C=O) groups excluding carboxylic acids is 1. The molecular weight excluding hydrogens is 725 g/mol. The van der Waals surface area contributed by atoms with Gasteiger partial charge in [0.25, 0.3) is 10.1 Å². The Kier molecular flexibility index (Phi) is 9.98. The zero-order valence-electron chi connectivity index (χ0n) is 26.2. The van der Waals surface area contributed by atoms with Crippen molar-refractivity contribution in [2.75, 3.05) is 10.6 Å². The molecule has 6 rings (SSSR count). The van der Waals surface area contributed by atoms with Crippen LogP contribution in [-0.4, -0.2) is 54.5 Å². The number of nitrogens with one attached hydrogen (secondary N) is 2. The van der Waals surface area contributed by atoms with Crippen LogP contribution in [-0.2, 0) is 24.3 Å². The number of para-hydroxylation sites is 1. The summed E-state index contributed by atoms with van der Waals surface area (Å²) in [5, 5.41) is 60.1. The van der Waals surface area contributed by atoms with E-state index in [4.69, 9.17) is 11.2 Å². The summed E-state index contributed by atoms with van der Waals surface area (Å²) >= 11 is 0.358. The molecule has 0 atom stereocenters. The van der Waals surface area contributed by atoms with E-state index in [1.807, 2.05) is 13.0 Å². The third kappa shape index (κ3) is 7.45. The van der Waals surface area contributed by atoms with Crippen molar-refractivity contribution >= 4 is 84.3 Å². The summed E-state index contributed by atoms with van der Waals surface area (Å²) in [5.41, 5.74) is 0.593. The molecule has 0 aliphatic heterocycles. The van der Waals surface area contributed by atoms with E-state index in [0.29, 0.717) is 17.4 Å². The van der Waals surface area contributed by atoms with Gasteiger partial charge in [-0.1, -0.05) is 47.0 Å². The van der Waals surface area contributed by atoms with E-state index in [9.17, 15) is 33.1 Å². The molecule has 0 unspecified atom stereocenters. The summed E-state index contributed by atoms with van der Waals surface area (Å²) in [6, 6.07) is 16.9. The fourth-order valence-corrected chi connectivity index (χ4v) is 6.13. The number of carbonyl (C=O) groups is 1. The smallest absolute Gasteiger partial charge is 0.358 e. The predicted octanol–water partition coefficient (Wildman–Crippen LogP) is 6.21. The van der Waals surface area contributed by atoms with E-state index in [2.05, 4.69) is 50.0 Å². The summed E-state index contributed by atoms with van der Waals surface area (Å²) < 4.78 is 39.2. The molecule has 0 aliphatic rings. The van der Waals surface area contributed by atoms with E-state index < -0.39 is 38.7 Å². The average Bonchev–Trinajstić information content (AvgIpc) is 3.10. The van der Waals surface area contributed by atoms with Gasteiger partial charge >= 0.3 is 12.0 Å². The molecule has 0 aliphatic carbocycles. The first-order chi connectivity index (χ1) is 24.9. The van der Waals surface area contributed by atoms with Gasteiger partial charge in [0.15, 0.2) is 5.75 Å². The van der Waals surface area contributed by atoms with Gasteiger partial charge < -0.3 is 30.8 Å². The Bertz CT molecular complexity index is 2520. The highest BCUT2D eigenvalue weighted by Gasteiger charge is 2.23. The fraction of sp³-hybridized carbons (Fsp3) is 0.0323. The van der Waals surface area contributed by atoms with Crippen LogP contribution in [0.25, 0.3) is 21.5 Å². The topological polar surface area (TPSA) is 294 Å². The molecule has 52 heavy (non-hydrogen) atoms. The maximum Gasteiger partial charge on any atom is 0.358 e. The van der Waals surface area contributed by atoms with Gasteiger partial charge in [0.2, 0.25) is 11.9 Å². The normalized spacial score (nSPS) is 11.7. The highest BCUT2D eigenvalue weighted by atomic mass is 32.2. The van der Waals surface area contributed by atoms with Crippen LogP contribution in [0.1, 0.15) is 15.9 Å². The van der Waals surface area contributed by atoms with Crippen molar-refractivity contribution in [2.45, 2.75) is 16.7 Å². The molecule has 21 heteroatoms. The molecule has 1 heterocycles. The van der Waals surface area contributed by atoms with Crippen molar-refractivity contribution < 1.29 is 52.6 Å². The van der Waals surface area contributed by atoms with E-state index in [1.54, 1.807) is 30.3 Å². The lowest BCUT2D eigenvalue weighted by atomic mass is 10.1.